The maximum Gasteiger partial charge on any atom is 0.257 e. The Hall–Kier alpha value is -3.81. The standard InChI is InChI=1S/C26H27N5O3/c1-30-16-19(24(29-30)17-9-10-22-23(14-17)34-13-5-12-33-22)26(32)31-11-4-6-18(15-31)25-27-20-7-2-3-8-21(20)28-25/h2-3,7-10,14,16,18H,4-6,11-13,15H2,1H3,(H,27,28)/t18-/m1/s1. The largest absolute Gasteiger partial charge is 0.490 e. The summed E-state index contributed by atoms with van der Waals surface area (Å²) in [6.07, 6.45) is 4.60. The molecule has 1 saturated heterocycles. The number of aryl methyl sites for hydroxylation is 1. The molecule has 6 rings (SSSR count). The van der Waals surface area contributed by atoms with E-state index in [1.54, 1.807) is 4.68 Å². The number of nitrogens with zero attached hydrogens (tertiary/aromatic N) is 4. The van der Waals surface area contributed by atoms with Gasteiger partial charge in [0.25, 0.3) is 5.91 Å². The van der Waals surface area contributed by atoms with E-state index in [0.29, 0.717) is 36.8 Å². The van der Waals surface area contributed by atoms with Crippen LogP contribution >= 0.6 is 0 Å². The molecule has 4 aromatic rings. The van der Waals surface area contributed by atoms with Gasteiger partial charge in [0.05, 0.1) is 29.8 Å². The average molecular weight is 458 g/mol. The molecule has 2 aliphatic heterocycles. The first-order chi connectivity index (χ1) is 16.7. The Balaban J connectivity index is 1.28. The molecule has 0 bridgehead atoms. The zero-order chi connectivity index (χ0) is 23.1. The van der Waals surface area contributed by atoms with Crippen molar-refractivity contribution in [1.29, 1.82) is 0 Å². The number of amides is 1. The Bertz CT molecular complexity index is 1320. The number of likely N-dealkylation sites (tertiary alicyclic amines) is 1. The number of benzene rings is 2. The van der Waals surface area contributed by atoms with Crippen molar-refractivity contribution in [2.45, 2.75) is 25.2 Å². The zero-order valence-electron chi connectivity index (χ0n) is 19.2. The number of ether oxygens (including phenoxy) is 2. The van der Waals surface area contributed by atoms with Crippen LogP contribution in [-0.2, 0) is 7.05 Å². The molecule has 8 nitrogen and oxygen atoms in total. The van der Waals surface area contributed by atoms with E-state index in [1.807, 2.05) is 60.6 Å². The topological polar surface area (TPSA) is 85.3 Å². The van der Waals surface area contributed by atoms with Gasteiger partial charge in [-0.05, 0) is 43.2 Å². The van der Waals surface area contributed by atoms with E-state index in [2.05, 4.69) is 10.1 Å². The molecule has 1 fully saturated rings. The first kappa shape index (κ1) is 20.8. The highest BCUT2D eigenvalue weighted by Crippen LogP contribution is 2.35. The molecule has 2 aliphatic rings. The lowest BCUT2D eigenvalue weighted by Gasteiger charge is -2.31. The molecule has 1 atom stereocenters. The minimum atomic E-state index is -0.00368. The maximum atomic E-state index is 13.7. The van der Waals surface area contributed by atoms with Crippen LogP contribution in [0.25, 0.3) is 22.3 Å². The molecular weight excluding hydrogens is 430 g/mol. The second-order valence-electron chi connectivity index (χ2n) is 9.01. The second kappa shape index (κ2) is 8.52. The summed E-state index contributed by atoms with van der Waals surface area (Å²) in [6.45, 7) is 2.61. The van der Waals surface area contributed by atoms with Crippen molar-refractivity contribution < 1.29 is 14.3 Å². The van der Waals surface area contributed by atoms with Crippen LogP contribution in [0.2, 0.25) is 0 Å². The van der Waals surface area contributed by atoms with Crippen LogP contribution in [0.5, 0.6) is 11.5 Å². The number of nitrogens with one attached hydrogen (secondary N) is 1. The van der Waals surface area contributed by atoms with Gasteiger partial charge >= 0.3 is 0 Å². The molecule has 1 N–H and O–H groups in total. The summed E-state index contributed by atoms with van der Waals surface area (Å²) in [5.74, 6) is 2.56. The predicted octanol–water partition coefficient (Wildman–Crippen LogP) is 4.14. The third-order valence-electron chi connectivity index (χ3n) is 6.58. The van der Waals surface area contributed by atoms with Gasteiger partial charge in [0.2, 0.25) is 0 Å². The molecule has 0 aliphatic carbocycles. The van der Waals surface area contributed by atoms with Gasteiger partial charge < -0.3 is 19.4 Å². The van der Waals surface area contributed by atoms with E-state index in [-0.39, 0.29) is 11.8 Å². The first-order valence-electron chi connectivity index (χ1n) is 11.8. The molecule has 2 aromatic heterocycles. The van der Waals surface area contributed by atoms with Gasteiger partial charge in [-0.25, -0.2) is 4.98 Å². The molecule has 1 amide bonds. The summed E-state index contributed by atoms with van der Waals surface area (Å²) >= 11 is 0. The normalized spacial score (nSPS) is 18.1. The number of H-pyrrole nitrogens is 1. The van der Waals surface area contributed by atoms with Crippen LogP contribution in [0, 0.1) is 0 Å². The van der Waals surface area contributed by atoms with Gasteiger partial charge in [0.1, 0.15) is 11.5 Å². The minimum Gasteiger partial charge on any atom is -0.490 e. The molecule has 34 heavy (non-hydrogen) atoms. The fourth-order valence-corrected chi connectivity index (χ4v) is 4.89. The predicted molar refractivity (Wildman–Crippen MR) is 128 cm³/mol. The summed E-state index contributed by atoms with van der Waals surface area (Å²) in [6, 6.07) is 13.8. The first-order valence-corrected chi connectivity index (χ1v) is 11.8. The fourth-order valence-electron chi connectivity index (χ4n) is 4.89. The molecule has 2 aromatic carbocycles. The second-order valence-corrected chi connectivity index (χ2v) is 9.01. The molecule has 174 valence electrons. The van der Waals surface area contributed by atoms with Gasteiger partial charge in [0, 0.05) is 44.2 Å². The molecule has 0 unspecified atom stereocenters. The summed E-state index contributed by atoms with van der Waals surface area (Å²) in [5.41, 5.74) is 4.10. The van der Waals surface area contributed by atoms with Gasteiger partial charge in [0.15, 0.2) is 11.5 Å². The van der Waals surface area contributed by atoms with Crippen molar-refractivity contribution in [3.8, 4) is 22.8 Å². The van der Waals surface area contributed by atoms with E-state index in [9.17, 15) is 4.79 Å². The van der Waals surface area contributed by atoms with Crippen LogP contribution in [0.3, 0.4) is 0 Å². The summed E-state index contributed by atoms with van der Waals surface area (Å²) in [5, 5.41) is 4.63. The van der Waals surface area contributed by atoms with E-state index in [0.717, 1.165) is 54.0 Å². The van der Waals surface area contributed by atoms with E-state index in [1.165, 1.54) is 0 Å². The van der Waals surface area contributed by atoms with E-state index < -0.39 is 0 Å². The number of para-hydroxylation sites is 2. The van der Waals surface area contributed by atoms with Crippen LogP contribution < -0.4 is 9.47 Å². The van der Waals surface area contributed by atoms with Crippen molar-refractivity contribution in [3.05, 3.63) is 60.0 Å². The number of aromatic amines is 1. The number of imidazole rings is 1. The number of carbonyl (C=O) groups excluding carboxylic acids is 1. The van der Waals surface area contributed by atoms with Crippen LogP contribution in [0.15, 0.2) is 48.7 Å². The lowest BCUT2D eigenvalue weighted by Crippen LogP contribution is -2.39. The Kier molecular flexibility index (Phi) is 5.20. The third-order valence-corrected chi connectivity index (χ3v) is 6.58. The summed E-state index contributed by atoms with van der Waals surface area (Å²) < 4.78 is 13.3. The molecular formula is C26H27N5O3. The highest BCUT2D eigenvalue weighted by Gasteiger charge is 2.30. The fraction of sp³-hybridized carbons (Fsp3) is 0.346. The molecule has 8 heteroatoms. The molecule has 4 heterocycles. The van der Waals surface area contributed by atoms with E-state index in [4.69, 9.17) is 14.5 Å². The van der Waals surface area contributed by atoms with Crippen molar-refractivity contribution in [3.63, 3.8) is 0 Å². The number of aromatic nitrogens is 4. The number of carbonyl (C=O) groups is 1. The number of hydrogen-bond acceptors (Lipinski definition) is 5. The number of piperidine rings is 1. The smallest absolute Gasteiger partial charge is 0.257 e. The Morgan fingerprint density at radius 2 is 1.94 bits per heavy atom. The minimum absolute atomic E-state index is 0.00368. The highest BCUT2D eigenvalue weighted by molar-refractivity contribution is 6.00. The quantitative estimate of drug-likeness (QED) is 0.500. The lowest BCUT2D eigenvalue weighted by molar-refractivity contribution is 0.0705. The van der Waals surface area contributed by atoms with Crippen LogP contribution in [0.4, 0.5) is 0 Å². The Morgan fingerprint density at radius 3 is 2.82 bits per heavy atom. The van der Waals surface area contributed by atoms with E-state index >= 15 is 0 Å². The Morgan fingerprint density at radius 1 is 1.09 bits per heavy atom. The molecule has 0 spiro atoms. The molecule has 0 radical (unpaired) electrons. The van der Waals surface area contributed by atoms with Crippen LogP contribution in [0.1, 0.15) is 41.4 Å². The monoisotopic (exact) mass is 457 g/mol. The van der Waals surface area contributed by atoms with Gasteiger partial charge in [-0.3, -0.25) is 9.48 Å². The Labute approximate surface area is 197 Å². The molecule has 0 saturated carbocycles. The van der Waals surface area contributed by atoms with Gasteiger partial charge in [-0.2, -0.15) is 5.10 Å². The third kappa shape index (κ3) is 3.79. The lowest BCUT2D eigenvalue weighted by atomic mass is 9.96. The number of hydrogen-bond donors (Lipinski definition) is 1. The maximum absolute atomic E-state index is 13.7. The van der Waals surface area contributed by atoms with Crippen molar-refractivity contribution >= 4 is 16.9 Å². The summed E-state index contributed by atoms with van der Waals surface area (Å²) in [7, 11) is 1.84. The van der Waals surface area contributed by atoms with Crippen molar-refractivity contribution in [1.82, 2.24) is 24.6 Å². The van der Waals surface area contributed by atoms with Gasteiger partial charge in [-0.15, -0.1) is 0 Å². The zero-order valence-corrected chi connectivity index (χ0v) is 19.2. The SMILES string of the molecule is Cn1cc(C(=O)N2CCC[C@@H](c3nc4ccccc4[nH]3)C2)c(-c2ccc3c(c2)OCCCO3)n1. The summed E-state index contributed by atoms with van der Waals surface area (Å²) in [4.78, 5) is 23.9. The van der Waals surface area contributed by atoms with Crippen molar-refractivity contribution in [2.75, 3.05) is 26.3 Å². The highest BCUT2D eigenvalue weighted by atomic mass is 16.5. The average Bonchev–Trinajstić information content (AvgIpc) is 3.40. The number of fused-ring (bicyclic) bond motifs is 2. The van der Waals surface area contributed by atoms with Crippen LogP contribution in [-0.4, -0.2) is 56.9 Å². The van der Waals surface area contributed by atoms with Gasteiger partial charge in [-0.1, -0.05) is 12.1 Å². The van der Waals surface area contributed by atoms with Crippen molar-refractivity contribution in [2.24, 2.45) is 7.05 Å². The number of rotatable bonds is 3.